The van der Waals surface area contributed by atoms with Gasteiger partial charge in [-0.25, -0.2) is 10.6 Å². The van der Waals surface area contributed by atoms with E-state index in [1.165, 1.54) is 5.01 Å². The number of alkyl carbamates (subject to hydrolysis) is 1. The van der Waals surface area contributed by atoms with Crippen LogP contribution in [0.15, 0.2) is 24.3 Å². The van der Waals surface area contributed by atoms with Crippen LogP contribution < -0.4 is 16.2 Å². The molecule has 0 aliphatic heterocycles. The van der Waals surface area contributed by atoms with Crippen molar-refractivity contribution in [2.45, 2.75) is 10.7 Å². The van der Waals surface area contributed by atoms with Gasteiger partial charge in [-0.05, 0) is 19.1 Å². The predicted molar refractivity (Wildman–Crippen MR) is 82.4 cm³/mol. The number of benzene rings is 1. The Kier molecular flexibility index (Phi) is 6.68. The highest BCUT2D eigenvalue weighted by molar-refractivity contribution is 6.67. The number of ether oxygens (including phenoxy) is 1. The molecule has 0 bridgehead atoms. The van der Waals surface area contributed by atoms with Gasteiger partial charge >= 0.3 is 6.09 Å². The number of anilines is 1. The summed E-state index contributed by atoms with van der Waals surface area (Å²) in [5.74, 6) is 5.85. The van der Waals surface area contributed by atoms with Crippen molar-refractivity contribution in [2.75, 3.05) is 24.7 Å². The molecular weight excluding hydrogens is 325 g/mol. The standard InChI is InChI=1S/C12H16Cl3N3O2/c1-9-2-4-10(5-3-9)18(16)7-6-17-11(19)20-8-12(13,14)15/h2-5H,6-8,16H2,1H3,(H,17,19). The maximum atomic E-state index is 11.3. The van der Waals surface area contributed by atoms with Crippen molar-refractivity contribution in [3.05, 3.63) is 29.8 Å². The number of hydrogen-bond acceptors (Lipinski definition) is 4. The number of amides is 1. The van der Waals surface area contributed by atoms with E-state index in [9.17, 15) is 4.79 Å². The Morgan fingerprint density at radius 1 is 1.35 bits per heavy atom. The van der Waals surface area contributed by atoms with Crippen LogP contribution in [-0.2, 0) is 4.74 Å². The molecule has 0 saturated carbocycles. The first-order valence-corrected chi connectivity index (χ1v) is 6.97. The van der Waals surface area contributed by atoms with E-state index in [0.29, 0.717) is 13.1 Å². The van der Waals surface area contributed by atoms with Crippen molar-refractivity contribution < 1.29 is 9.53 Å². The second-order valence-electron chi connectivity index (χ2n) is 4.15. The van der Waals surface area contributed by atoms with Gasteiger partial charge < -0.3 is 15.1 Å². The quantitative estimate of drug-likeness (QED) is 0.491. The van der Waals surface area contributed by atoms with Gasteiger partial charge in [0, 0.05) is 6.54 Å². The van der Waals surface area contributed by atoms with Crippen LogP contribution in [0.25, 0.3) is 0 Å². The third kappa shape index (κ3) is 7.05. The van der Waals surface area contributed by atoms with Crippen molar-refractivity contribution in [1.82, 2.24) is 5.32 Å². The molecule has 1 aromatic rings. The first kappa shape index (κ1) is 17.2. The zero-order chi connectivity index (χ0) is 15.2. The molecule has 1 aromatic carbocycles. The highest BCUT2D eigenvalue weighted by atomic mass is 35.6. The second-order valence-corrected chi connectivity index (χ2v) is 6.66. The molecule has 0 radical (unpaired) electrons. The number of hydrogen-bond donors (Lipinski definition) is 2. The highest BCUT2D eigenvalue weighted by Crippen LogP contribution is 2.25. The molecule has 1 amide bonds. The molecule has 8 heteroatoms. The Balaban J connectivity index is 2.26. The molecule has 5 nitrogen and oxygen atoms in total. The van der Waals surface area contributed by atoms with Crippen molar-refractivity contribution in [3.8, 4) is 0 Å². The Labute approximate surface area is 132 Å². The van der Waals surface area contributed by atoms with E-state index in [1.807, 2.05) is 31.2 Å². The van der Waals surface area contributed by atoms with E-state index >= 15 is 0 Å². The molecule has 0 fully saturated rings. The Hall–Kier alpha value is -0.880. The molecule has 0 aromatic heterocycles. The predicted octanol–water partition coefficient (Wildman–Crippen LogP) is 2.77. The van der Waals surface area contributed by atoms with Crippen LogP contribution >= 0.6 is 34.8 Å². The molecule has 1 rings (SSSR count). The fraction of sp³-hybridized carbons (Fsp3) is 0.417. The number of aryl methyl sites for hydroxylation is 1. The van der Waals surface area contributed by atoms with Gasteiger partial charge in [0.25, 0.3) is 0 Å². The molecule has 0 saturated heterocycles. The van der Waals surface area contributed by atoms with Gasteiger partial charge in [0.2, 0.25) is 3.79 Å². The number of halogens is 3. The number of hydrazine groups is 1. The molecule has 0 atom stereocenters. The van der Waals surface area contributed by atoms with Crippen LogP contribution in [0.4, 0.5) is 10.5 Å². The summed E-state index contributed by atoms with van der Waals surface area (Å²) in [5, 5.41) is 4.03. The first-order chi connectivity index (χ1) is 9.28. The summed E-state index contributed by atoms with van der Waals surface area (Å²) in [7, 11) is 0. The summed E-state index contributed by atoms with van der Waals surface area (Å²) in [5.41, 5.74) is 2.00. The molecule has 0 heterocycles. The topological polar surface area (TPSA) is 67.6 Å². The van der Waals surface area contributed by atoms with Gasteiger partial charge in [-0.1, -0.05) is 52.5 Å². The van der Waals surface area contributed by atoms with E-state index < -0.39 is 9.89 Å². The Morgan fingerprint density at radius 2 is 1.95 bits per heavy atom. The lowest BCUT2D eigenvalue weighted by Crippen LogP contribution is -2.39. The largest absolute Gasteiger partial charge is 0.445 e. The highest BCUT2D eigenvalue weighted by Gasteiger charge is 2.21. The summed E-state index contributed by atoms with van der Waals surface area (Å²) in [6.07, 6.45) is -0.659. The van der Waals surface area contributed by atoms with Crippen molar-refractivity contribution in [1.29, 1.82) is 0 Å². The van der Waals surface area contributed by atoms with Crippen molar-refractivity contribution in [3.63, 3.8) is 0 Å². The number of nitrogens with two attached hydrogens (primary N) is 1. The molecule has 3 N–H and O–H groups in total. The minimum atomic E-state index is -1.61. The lowest BCUT2D eigenvalue weighted by Gasteiger charge is -2.19. The maximum Gasteiger partial charge on any atom is 0.407 e. The van der Waals surface area contributed by atoms with Crippen molar-refractivity contribution >= 4 is 46.6 Å². The summed E-state index contributed by atoms with van der Waals surface area (Å²) < 4.78 is 3.09. The molecule has 0 aliphatic rings. The van der Waals surface area contributed by atoms with Gasteiger partial charge in [0.1, 0.15) is 6.61 Å². The number of alkyl halides is 3. The first-order valence-electron chi connectivity index (χ1n) is 5.84. The van der Waals surface area contributed by atoms with E-state index in [0.717, 1.165) is 11.3 Å². The number of nitrogens with one attached hydrogen (secondary N) is 1. The average Bonchev–Trinajstić information content (AvgIpc) is 2.36. The zero-order valence-electron chi connectivity index (χ0n) is 10.9. The van der Waals surface area contributed by atoms with E-state index in [2.05, 4.69) is 5.32 Å². The fourth-order valence-corrected chi connectivity index (χ4v) is 1.51. The number of carbonyl (C=O) groups excluding carboxylic acids is 1. The zero-order valence-corrected chi connectivity index (χ0v) is 13.2. The summed E-state index contributed by atoms with van der Waals surface area (Å²) in [6, 6.07) is 7.71. The summed E-state index contributed by atoms with van der Waals surface area (Å²) in [4.78, 5) is 11.3. The summed E-state index contributed by atoms with van der Waals surface area (Å²) in [6.45, 7) is 2.41. The Bertz CT molecular complexity index is 435. The normalized spacial score (nSPS) is 11.1. The number of nitrogens with zero attached hydrogens (tertiary/aromatic N) is 1. The minimum Gasteiger partial charge on any atom is -0.445 e. The van der Waals surface area contributed by atoms with Crippen LogP contribution in [0, 0.1) is 6.92 Å². The van der Waals surface area contributed by atoms with E-state index in [1.54, 1.807) is 0 Å². The van der Waals surface area contributed by atoms with Gasteiger partial charge in [-0.15, -0.1) is 0 Å². The van der Waals surface area contributed by atoms with Crippen LogP contribution in [0.3, 0.4) is 0 Å². The van der Waals surface area contributed by atoms with Crippen LogP contribution in [-0.4, -0.2) is 29.6 Å². The Morgan fingerprint density at radius 3 is 2.50 bits per heavy atom. The fourth-order valence-electron chi connectivity index (χ4n) is 1.34. The lowest BCUT2D eigenvalue weighted by atomic mass is 10.2. The minimum absolute atomic E-state index is 0.309. The van der Waals surface area contributed by atoms with Crippen molar-refractivity contribution in [2.24, 2.45) is 5.84 Å². The van der Waals surface area contributed by atoms with Crippen LogP contribution in [0.2, 0.25) is 0 Å². The lowest BCUT2D eigenvalue weighted by molar-refractivity contribution is 0.148. The van der Waals surface area contributed by atoms with E-state index in [-0.39, 0.29) is 6.61 Å². The maximum absolute atomic E-state index is 11.3. The van der Waals surface area contributed by atoms with Gasteiger partial charge in [0.15, 0.2) is 0 Å². The van der Waals surface area contributed by atoms with Gasteiger partial charge in [-0.3, -0.25) is 0 Å². The molecule has 112 valence electrons. The number of carbonyl (C=O) groups is 1. The third-order valence-electron chi connectivity index (χ3n) is 2.35. The molecule has 0 unspecified atom stereocenters. The molecule has 0 spiro atoms. The van der Waals surface area contributed by atoms with Gasteiger partial charge in [-0.2, -0.15) is 0 Å². The monoisotopic (exact) mass is 339 g/mol. The average molecular weight is 341 g/mol. The van der Waals surface area contributed by atoms with Gasteiger partial charge in [0.05, 0.1) is 12.2 Å². The van der Waals surface area contributed by atoms with E-state index in [4.69, 9.17) is 45.4 Å². The summed E-state index contributed by atoms with van der Waals surface area (Å²) >= 11 is 16.4. The van der Waals surface area contributed by atoms with Crippen LogP contribution in [0.1, 0.15) is 5.56 Å². The third-order valence-corrected chi connectivity index (χ3v) is 2.68. The molecule has 0 aliphatic carbocycles. The smallest absolute Gasteiger partial charge is 0.407 e. The molecule has 20 heavy (non-hydrogen) atoms. The van der Waals surface area contributed by atoms with Crippen LogP contribution in [0.5, 0.6) is 0 Å². The molecular formula is C12H16Cl3N3O2. The number of rotatable bonds is 5. The SMILES string of the molecule is Cc1ccc(N(N)CCNC(=O)OCC(Cl)(Cl)Cl)cc1. The second kappa shape index (κ2) is 7.78.